The number of benzene rings is 1. The van der Waals surface area contributed by atoms with Gasteiger partial charge in [-0.3, -0.25) is 4.79 Å². The second-order valence-corrected chi connectivity index (χ2v) is 4.63. The molecule has 1 amide bonds. The Morgan fingerprint density at radius 3 is 2.71 bits per heavy atom. The van der Waals surface area contributed by atoms with Crippen LogP contribution in [0.15, 0.2) is 18.2 Å². The summed E-state index contributed by atoms with van der Waals surface area (Å²) < 4.78 is 0. The van der Waals surface area contributed by atoms with E-state index >= 15 is 0 Å². The first-order valence-electron chi connectivity index (χ1n) is 6.08. The second-order valence-electron chi connectivity index (χ2n) is 4.63. The smallest absolute Gasteiger partial charge is 0.223 e. The molecule has 0 saturated heterocycles. The van der Waals surface area contributed by atoms with Gasteiger partial charge in [0.1, 0.15) is 0 Å². The maximum absolute atomic E-state index is 11.7. The van der Waals surface area contributed by atoms with Crippen LogP contribution in [0, 0.1) is 19.8 Å². The van der Waals surface area contributed by atoms with E-state index in [2.05, 4.69) is 37.4 Å². The van der Waals surface area contributed by atoms with Gasteiger partial charge < -0.3 is 11.1 Å². The Balaban J connectivity index is 2.53. The molecule has 0 aliphatic rings. The fourth-order valence-electron chi connectivity index (χ4n) is 1.78. The highest BCUT2D eigenvalue weighted by atomic mass is 16.1. The number of amides is 1. The molecule has 1 atom stereocenters. The summed E-state index contributed by atoms with van der Waals surface area (Å²) in [5.74, 6) is 0.0705. The predicted octanol–water partition coefficient (Wildman–Crippen LogP) is 1.90. The van der Waals surface area contributed by atoms with E-state index in [0.717, 1.165) is 6.42 Å². The number of nitrogens with one attached hydrogen (secondary N) is 1. The van der Waals surface area contributed by atoms with Gasteiger partial charge in [-0.15, -0.1) is 0 Å². The van der Waals surface area contributed by atoms with Crippen molar-refractivity contribution in [3.8, 4) is 0 Å². The van der Waals surface area contributed by atoms with Gasteiger partial charge in [-0.1, -0.05) is 30.7 Å². The molecular formula is C14H22N2O. The van der Waals surface area contributed by atoms with E-state index < -0.39 is 0 Å². The summed E-state index contributed by atoms with van der Waals surface area (Å²) >= 11 is 0. The van der Waals surface area contributed by atoms with Crippen molar-refractivity contribution < 1.29 is 4.79 Å². The maximum Gasteiger partial charge on any atom is 0.223 e. The minimum atomic E-state index is -0.00856. The monoisotopic (exact) mass is 234 g/mol. The van der Waals surface area contributed by atoms with Gasteiger partial charge in [-0.05, 0) is 37.9 Å². The number of hydrogen-bond donors (Lipinski definition) is 2. The molecule has 0 aliphatic heterocycles. The average Bonchev–Trinajstić information content (AvgIpc) is 2.27. The molecule has 0 fully saturated rings. The Hall–Kier alpha value is -1.35. The van der Waals surface area contributed by atoms with E-state index in [1.54, 1.807) is 0 Å². The molecule has 1 rings (SSSR count). The van der Waals surface area contributed by atoms with Crippen LogP contribution < -0.4 is 11.1 Å². The number of hydrogen-bond acceptors (Lipinski definition) is 2. The van der Waals surface area contributed by atoms with Gasteiger partial charge in [0.25, 0.3) is 0 Å². The summed E-state index contributed by atoms with van der Waals surface area (Å²) in [6.07, 6.45) is 0.735. The lowest BCUT2D eigenvalue weighted by Gasteiger charge is -2.12. The summed E-state index contributed by atoms with van der Waals surface area (Å²) in [5.41, 5.74) is 9.07. The van der Waals surface area contributed by atoms with E-state index in [9.17, 15) is 4.79 Å². The van der Waals surface area contributed by atoms with E-state index in [1.165, 1.54) is 16.7 Å². The van der Waals surface area contributed by atoms with Crippen molar-refractivity contribution in [2.45, 2.75) is 33.7 Å². The molecule has 0 aromatic heterocycles. The molecule has 3 N–H and O–H groups in total. The number of aryl methyl sites for hydroxylation is 2. The molecular weight excluding hydrogens is 212 g/mol. The molecule has 0 spiro atoms. The third-order valence-electron chi connectivity index (χ3n) is 3.00. The highest BCUT2D eigenvalue weighted by Crippen LogP contribution is 2.10. The van der Waals surface area contributed by atoms with E-state index in [4.69, 9.17) is 5.73 Å². The van der Waals surface area contributed by atoms with Crippen LogP contribution in [0.5, 0.6) is 0 Å². The minimum Gasteiger partial charge on any atom is -0.352 e. The Kier molecular flexibility index (Phi) is 5.16. The van der Waals surface area contributed by atoms with Crippen molar-refractivity contribution >= 4 is 5.91 Å². The third-order valence-corrected chi connectivity index (χ3v) is 3.00. The zero-order valence-electron chi connectivity index (χ0n) is 10.9. The Morgan fingerprint density at radius 1 is 1.41 bits per heavy atom. The lowest BCUT2D eigenvalue weighted by molar-refractivity contribution is -0.124. The number of carbonyl (C=O) groups is 1. The second kappa shape index (κ2) is 6.40. The summed E-state index contributed by atoms with van der Waals surface area (Å²) in [7, 11) is 0. The van der Waals surface area contributed by atoms with Crippen LogP contribution in [-0.4, -0.2) is 12.5 Å². The van der Waals surface area contributed by atoms with Gasteiger partial charge >= 0.3 is 0 Å². The van der Waals surface area contributed by atoms with Crippen molar-refractivity contribution in [3.63, 3.8) is 0 Å². The van der Waals surface area contributed by atoms with Crippen LogP contribution in [0.3, 0.4) is 0 Å². The molecule has 94 valence electrons. The SMILES string of the molecule is Cc1ccc(CNC(=O)C(C)CCN)c(C)c1. The zero-order chi connectivity index (χ0) is 12.8. The lowest BCUT2D eigenvalue weighted by Crippen LogP contribution is -2.30. The van der Waals surface area contributed by atoms with Crippen LogP contribution in [0.1, 0.15) is 30.0 Å². The highest BCUT2D eigenvalue weighted by Gasteiger charge is 2.11. The molecule has 17 heavy (non-hydrogen) atoms. The first kappa shape index (κ1) is 13.7. The van der Waals surface area contributed by atoms with Crippen LogP contribution >= 0.6 is 0 Å². The molecule has 1 aromatic carbocycles. The van der Waals surface area contributed by atoms with Gasteiger partial charge in [0.15, 0.2) is 0 Å². The van der Waals surface area contributed by atoms with Crippen LogP contribution in [-0.2, 0) is 11.3 Å². The quantitative estimate of drug-likeness (QED) is 0.817. The number of nitrogens with two attached hydrogens (primary N) is 1. The summed E-state index contributed by atoms with van der Waals surface area (Å²) in [5, 5.41) is 2.95. The lowest BCUT2D eigenvalue weighted by atomic mass is 10.0. The molecule has 1 unspecified atom stereocenters. The summed E-state index contributed by atoms with van der Waals surface area (Å²) in [6.45, 7) is 7.19. The first-order chi connectivity index (χ1) is 8.04. The van der Waals surface area contributed by atoms with E-state index in [1.807, 2.05) is 6.92 Å². The van der Waals surface area contributed by atoms with Gasteiger partial charge in [0, 0.05) is 12.5 Å². The topological polar surface area (TPSA) is 55.1 Å². The van der Waals surface area contributed by atoms with Gasteiger partial charge in [0.05, 0.1) is 0 Å². The Labute approximate surface area is 103 Å². The van der Waals surface area contributed by atoms with Crippen molar-refractivity contribution in [2.75, 3.05) is 6.54 Å². The number of carbonyl (C=O) groups excluding carboxylic acids is 1. The molecule has 3 heteroatoms. The summed E-state index contributed by atoms with van der Waals surface area (Å²) in [4.78, 5) is 11.7. The molecule has 1 aromatic rings. The fourth-order valence-corrected chi connectivity index (χ4v) is 1.78. The molecule has 0 heterocycles. The van der Waals surface area contributed by atoms with Gasteiger partial charge in [-0.2, -0.15) is 0 Å². The zero-order valence-corrected chi connectivity index (χ0v) is 10.9. The highest BCUT2D eigenvalue weighted by molar-refractivity contribution is 5.78. The van der Waals surface area contributed by atoms with Crippen molar-refractivity contribution in [3.05, 3.63) is 34.9 Å². The van der Waals surface area contributed by atoms with Crippen molar-refractivity contribution in [2.24, 2.45) is 11.7 Å². The normalized spacial score (nSPS) is 12.2. The number of rotatable bonds is 5. The van der Waals surface area contributed by atoms with Crippen LogP contribution in [0.2, 0.25) is 0 Å². The first-order valence-corrected chi connectivity index (χ1v) is 6.08. The molecule has 0 radical (unpaired) electrons. The van der Waals surface area contributed by atoms with Crippen LogP contribution in [0.4, 0.5) is 0 Å². The molecule has 0 aliphatic carbocycles. The molecule has 0 saturated carbocycles. The Bertz CT molecular complexity index is 388. The van der Waals surface area contributed by atoms with Gasteiger partial charge in [-0.25, -0.2) is 0 Å². The maximum atomic E-state index is 11.7. The molecule has 3 nitrogen and oxygen atoms in total. The minimum absolute atomic E-state index is 0.00856. The standard InChI is InChI=1S/C14H22N2O/c1-10-4-5-13(12(3)8-10)9-16-14(17)11(2)6-7-15/h4-5,8,11H,6-7,9,15H2,1-3H3,(H,16,17). The van der Waals surface area contributed by atoms with E-state index in [0.29, 0.717) is 13.1 Å². The predicted molar refractivity (Wildman–Crippen MR) is 70.6 cm³/mol. The largest absolute Gasteiger partial charge is 0.352 e. The Morgan fingerprint density at radius 2 is 2.12 bits per heavy atom. The van der Waals surface area contributed by atoms with Crippen LogP contribution in [0.25, 0.3) is 0 Å². The third kappa shape index (κ3) is 4.19. The van der Waals surface area contributed by atoms with Crippen molar-refractivity contribution in [1.82, 2.24) is 5.32 Å². The molecule has 0 bridgehead atoms. The van der Waals surface area contributed by atoms with Gasteiger partial charge in [0.2, 0.25) is 5.91 Å². The van der Waals surface area contributed by atoms with Crippen molar-refractivity contribution in [1.29, 1.82) is 0 Å². The summed E-state index contributed by atoms with van der Waals surface area (Å²) in [6, 6.07) is 6.27. The fraction of sp³-hybridized carbons (Fsp3) is 0.500. The average molecular weight is 234 g/mol. The van der Waals surface area contributed by atoms with E-state index in [-0.39, 0.29) is 11.8 Å².